The van der Waals surface area contributed by atoms with Crippen LogP contribution < -0.4 is 10.5 Å². The van der Waals surface area contributed by atoms with Crippen molar-refractivity contribution in [3.05, 3.63) is 191 Å². The average Bonchev–Trinajstić information content (AvgIpc) is 1.67. The number of ether oxygens (including phenoxy) is 1. The largest absolute Gasteiger partial charge is 0.494 e. The number of nitrogens with zero attached hydrogens (tertiary/aromatic N) is 2. The summed E-state index contributed by atoms with van der Waals surface area (Å²) in [6.07, 6.45) is 32.6. The zero-order valence-electron chi connectivity index (χ0n) is 54.7. The van der Waals surface area contributed by atoms with E-state index in [0.717, 1.165) is 67.1 Å². The molecule has 9 aromatic rings. The van der Waals surface area contributed by atoms with E-state index in [4.69, 9.17) is 15.5 Å². The number of imidazole rings is 1. The summed E-state index contributed by atoms with van der Waals surface area (Å²) in [7, 11) is 0. The maximum Gasteiger partial charge on any atom is 0.141 e. The fourth-order valence-electron chi connectivity index (χ4n) is 14.7. The number of nitrogens with two attached hydrogens (primary N) is 1. The van der Waals surface area contributed by atoms with Crippen LogP contribution in [-0.2, 0) is 22.9 Å². The first-order valence-corrected chi connectivity index (χ1v) is 34.9. The maximum absolute atomic E-state index is 7.47. The summed E-state index contributed by atoms with van der Waals surface area (Å²) in [6.45, 7) is 17.9. The fourth-order valence-corrected chi connectivity index (χ4v) is 14.7. The number of hydrogen-bond acceptors (Lipinski definition) is 3. The number of rotatable bonds is 35. The van der Waals surface area contributed by atoms with E-state index in [1.165, 1.54) is 218 Å². The molecule has 1 atom stereocenters. The van der Waals surface area contributed by atoms with Gasteiger partial charge in [-0.25, -0.2) is 4.98 Å². The molecule has 458 valence electrons. The molecule has 0 radical (unpaired) electrons. The van der Waals surface area contributed by atoms with Crippen molar-refractivity contribution in [2.45, 2.75) is 238 Å². The Morgan fingerprint density at radius 2 is 0.897 bits per heavy atom. The zero-order chi connectivity index (χ0) is 60.6. The molecule has 1 unspecified atom stereocenters. The first kappa shape index (κ1) is 63.5. The lowest BCUT2D eigenvalue weighted by molar-refractivity contribution is 0.304. The Morgan fingerprint density at radius 3 is 1.52 bits per heavy atom. The molecule has 0 saturated carbocycles. The van der Waals surface area contributed by atoms with Crippen molar-refractivity contribution in [1.82, 2.24) is 9.55 Å². The Kier molecular flexibility index (Phi) is 22.0. The lowest BCUT2D eigenvalue weighted by Gasteiger charge is -2.35. The highest BCUT2D eigenvalue weighted by molar-refractivity contribution is 6.24. The Bertz CT molecular complexity index is 3610. The molecule has 4 nitrogen and oxygen atoms in total. The molecule has 2 N–H and O–H groups in total. The van der Waals surface area contributed by atoms with Crippen LogP contribution in [0.1, 0.15) is 249 Å². The Balaban J connectivity index is 1.13. The topological polar surface area (TPSA) is 53.1 Å². The third-order valence-corrected chi connectivity index (χ3v) is 20.2. The highest BCUT2D eigenvalue weighted by Crippen LogP contribution is 2.56. The highest BCUT2D eigenvalue weighted by atomic mass is 16.5. The summed E-state index contributed by atoms with van der Waals surface area (Å²) in [5.41, 5.74) is 23.3. The quantitative estimate of drug-likeness (QED) is 0.0318. The third kappa shape index (κ3) is 14.3. The van der Waals surface area contributed by atoms with E-state index in [1.807, 2.05) is 0 Å². The normalized spacial score (nSPS) is 13.6. The van der Waals surface area contributed by atoms with Crippen molar-refractivity contribution >= 4 is 32.6 Å². The van der Waals surface area contributed by atoms with Gasteiger partial charge in [0.15, 0.2) is 0 Å². The van der Waals surface area contributed by atoms with E-state index in [0.29, 0.717) is 0 Å². The highest BCUT2D eigenvalue weighted by Gasteiger charge is 2.43. The van der Waals surface area contributed by atoms with Gasteiger partial charge in [-0.1, -0.05) is 298 Å². The number of benzene rings is 8. The predicted octanol–water partition coefficient (Wildman–Crippen LogP) is 24.1. The van der Waals surface area contributed by atoms with Gasteiger partial charge in [0.1, 0.15) is 11.6 Å². The monoisotopic (exact) mass is 1160 g/mol. The summed E-state index contributed by atoms with van der Waals surface area (Å²) < 4.78 is 9.00. The van der Waals surface area contributed by atoms with Crippen LogP contribution in [0.3, 0.4) is 0 Å². The minimum Gasteiger partial charge on any atom is -0.494 e. The molecule has 10 rings (SSSR count). The van der Waals surface area contributed by atoms with Gasteiger partial charge in [0.25, 0.3) is 0 Å². The molecule has 0 bridgehead atoms. The molecule has 1 aliphatic carbocycles. The summed E-state index contributed by atoms with van der Waals surface area (Å²) in [6, 6.07) is 60.3. The first-order chi connectivity index (χ1) is 42.5. The Morgan fingerprint density at radius 1 is 0.414 bits per heavy atom. The molecule has 4 heteroatoms. The Hall–Kier alpha value is -6.49. The van der Waals surface area contributed by atoms with E-state index in [1.54, 1.807) is 0 Å². The second-order valence-corrected chi connectivity index (χ2v) is 26.9. The second-order valence-electron chi connectivity index (χ2n) is 26.9. The van der Waals surface area contributed by atoms with Gasteiger partial charge >= 0.3 is 0 Å². The predicted molar refractivity (Wildman–Crippen MR) is 376 cm³/mol. The molecule has 0 spiro atoms. The van der Waals surface area contributed by atoms with Crippen LogP contribution >= 0.6 is 0 Å². The standard InChI is InChI=1S/C83H105N3O/c1-8-12-16-20-24-34-54-83(55-35-25-21-17-13-9-2)76-59-64(45-51-72(76)73-53-47-68(61-77(73)83)82(7,84)66-40-32-29-33-41-66)63-44-50-70-71-52-46-67(81(5,6)65-38-30-28-31-39-65)60-75(71)79-78(74(70)58-63)85-80(86(79)56-36-26-22-18-14-10-3)62-42-48-69(49-43-62)87-57-37-27-23-19-15-11-4/h28-33,38-53,58-61H,8-27,34-37,54-57,84H2,1-7H3. The van der Waals surface area contributed by atoms with Crippen molar-refractivity contribution in [1.29, 1.82) is 0 Å². The lowest BCUT2D eigenvalue weighted by atomic mass is 9.69. The third-order valence-electron chi connectivity index (χ3n) is 20.2. The van der Waals surface area contributed by atoms with Crippen LogP contribution in [0.5, 0.6) is 5.75 Å². The van der Waals surface area contributed by atoms with Gasteiger partial charge in [-0.05, 0) is 141 Å². The smallest absolute Gasteiger partial charge is 0.141 e. The van der Waals surface area contributed by atoms with Gasteiger partial charge in [-0.15, -0.1) is 0 Å². The number of aromatic nitrogens is 2. The van der Waals surface area contributed by atoms with Crippen molar-refractivity contribution in [3.63, 3.8) is 0 Å². The second kappa shape index (κ2) is 30.1. The van der Waals surface area contributed by atoms with E-state index >= 15 is 0 Å². The van der Waals surface area contributed by atoms with Gasteiger partial charge < -0.3 is 15.0 Å². The van der Waals surface area contributed by atoms with Gasteiger partial charge in [0.05, 0.1) is 23.2 Å². The van der Waals surface area contributed by atoms with E-state index in [2.05, 4.69) is 211 Å². The number of fused-ring (bicyclic) bond motifs is 9. The van der Waals surface area contributed by atoms with Crippen molar-refractivity contribution in [3.8, 4) is 39.4 Å². The van der Waals surface area contributed by atoms with Crippen LogP contribution in [0.25, 0.3) is 66.2 Å². The van der Waals surface area contributed by atoms with Gasteiger partial charge in [0, 0.05) is 33.7 Å². The molecular weight excluding hydrogens is 1050 g/mol. The summed E-state index contributed by atoms with van der Waals surface area (Å²) >= 11 is 0. The van der Waals surface area contributed by atoms with Gasteiger partial charge in [-0.3, -0.25) is 0 Å². The van der Waals surface area contributed by atoms with Crippen LogP contribution in [0, 0.1) is 0 Å². The SMILES string of the molecule is CCCCCCCCOc1ccc(-c2nc3c4cc(-c5ccc6c(c5)C(CCCCCCCC)(CCCCCCCC)c5cc(C(C)(N)c7ccccc7)ccc5-6)ccc4c4ccc(C(C)(C)c5ccccc5)cc4c3n2CCCCCCCC)cc1. The zero-order valence-corrected chi connectivity index (χ0v) is 54.7. The summed E-state index contributed by atoms with van der Waals surface area (Å²) in [4.78, 5) is 5.91. The Labute approximate surface area is 525 Å². The van der Waals surface area contributed by atoms with Crippen LogP contribution in [-0.4, -0.2) is 16.2 Å². The molecule has 8 aromatic carbocycles. The number of hydrogen-bond donors (Lipinski definition) is 1. The first-order valence-electron chi connectivity index (χ1n) is 34.9. The van der Waals surface area contributed by atoms with Crippen LogP contribution in [0.15, 0.2) is 158 Å². The molecule has 0 aliphatic heterocycles. The maximum atomic E-state index is 7.47. The molecular formula is C83H105N3O. The molecule has 1 aromatic heterocycles. The minimum atomic E-state index is -0.630. The molecule has 0 amide bonds. The molecule has 1 aliphatic rings. The lowest BCUT2D eigenvalue weighted by Crippen LogP contribution is -2.35. The molecule has 87 heavy (non-hydrogen) atoms. The van der Waals surface area contributed by atoms with Crippen LogP contribution in [0.2, 0.25) is 0 Å². The summed E-state index contributed by atoms with van der Waals surface area (Å²) in [5.74, 6) is 1.97. The van der Waals surface area contributed by atoms with Crippen molar-refractivity contribution in [2.24, 2.45) is 5.73 Å². The van der Waals surface area contributed by atoms with Gasteiger partial charge in [-0.2, -0.15) is 0 Å². The molecule has 0 saturated heterocycles. The average molecular weight is 1160 g/mol. The number of aryl methyl sites for hydroxylation is 1. The number of unbranched alkanes of at least 4 members (excludes halogenated alkanes) is 20. The van der Waals surface area contributed by atoms with Crippen molar-refractivity contribution < 1.29 is 4.74 Å². The van der Waals surface area contributed by atoms with Crippen LogP contribution in [0.4, 0.5) is 0 Å². The molecule has 1 heterocycles. The fraction of sp³-hybridized carbons (Fsp3) is 0.458. The summed E-state index contributed by atoms with van der Waals surface area (Å²) in [5, 5.41) is 5.03. The van der Waals surface area contributed by atoms with Gasteiger partial charge in [0.2, 0.25) is 0 Å². The minimum absolute atomic E-state index is 0.121. The van der Waals surface area contributed by atoms with E-state index in [-0.39, 0.29) is 10.8 Å². The van der Waals surface area contributed by atoms with Crippen molar-refractivity contribution in [2.75, 3.05) is 6.61 Å². The van der Waals surface area contributed by atoms with E-state index in [9.17, 15) is 0 Å². The molecule has 0 fully saturated rings. The van der Waals surface area contributed by atoms with E-state index < -0.39 is 5.54 Å².